The maximum Gasteiger partial charge on any atom is 0.266 e. The Morgan fingerprint density at radius 3 is 2.37 bits per heavy atom. The van der Waals surface area contributed by atoms with Crippen molar-refractivity contribution < 1.29 is 5.11 Å². The van der Waals surface area contributed by atoms with E-state index >= 15 is 0 Å². The first-order valence-electron chi connectivity index (χ1n) is 6.38. The first-order chi connectivity index (χ1) is 9.08. The van der Waals surface area contributed by atoms with E-state index in [9.17, 15) is 9.90 Å². The van der Waals surface area contributed by atoms with E-state index in [4.69, 9.17) is 0 Å². The van der Waals surface area contributed by atoms with Gasteiger partial charge in [-0.15, -0.1) is 0 Å². The summed E-state index contributed by atoms with van der Waals surface area (Å²) in [4.78, 5) is 11.5. The van der Waals surface area contributed by atoms with E-state index in [1.165, 1.54) is 22.5 Å². The minimum absolute atomic E-state index is 0.167. The number of benzene rings is 1. The van der Waals surface area contributed by atoms with Crippen LogP contribution in [0.3, 0.4) is 0 Å². The molecule has 100 valence electrons. The summed E-state index contributed by atoms with van der Waals surface area (Å²) in [5, 5.41) is 14.1. The fourth-order valence-corrected chi connectivity index (χ4v) is 1.90. The van der Waals surface area contributed by atoms with Gasteiger partial charge in [0.25, 0.3) is 5.56 Å². The summed E-state index contributed by atoms with van der Waals surface area (Å²) in [6.07, 6.45) is 0.810. The largest absolute Gasteiger partial charge is 0.386 e. The monoisotopic (exact) mass is 258 g/mol. The maximum atomic E-state index is 11.5. The molecule has 4 nitrogen and oxygen atoms in total. The van der Waals surface area contributed by atoms with E-state index in [0.29, 0.717) is 5.92 Å². The Morgan fingerprint density at radius 2 is 1.79 bits per heavy atom. The molecule has 2 aromatic rings. The lowest BCUT2D eigenvalue weighted by atomic mass is 10.00. The molecular formula is C15H18N2O2. The molecule has 0 saturated carbocycles. The molecule has 1 atom stereocenters. The van der Waals surface area contributed by atoms with E-state index in [0.717, 1.165) is 5.56 Å². The third-order valence-corrected chi connectivity index (χ3v) is 3.12. The molecule has 0 saturated heterocycles. The smallest absolute Gasteiger partial charge is 0.266 e. The van der Waals surface area contributed by atoms with Crippen LogP contribution in [0.2, 0.25) is 0 Å². The second-order valence-electron chi connectivity index (χ2n) is 4.88. The number of aliphatic hydroxyl groups is 1. The summed E-state index contributed by atoms with van der Waals surface area (Å²) in [6.45, 7) is 4.42. The summed E-state index contributed by atoms with van der Waals surface area (Å²) >= 11 is 0. The Hall–Kier alpha value is -1.94. The van der Waals surface area contributed by atoms with Crippen molar-refractivity contribution in [1.82, 2.24) is 9.78 Å². The van der Waals surface area contributed by atoms with Crippen LogP contribution in [0.1, 0.15) is 37.0 Å². The zero-order valence-electron chi connectivity index (χ0n) is 11.2. The van der Waals surface area contributed by atoms with Crippen molar-refractivity contribution in [3.05, 3.63) is 64.1 Å². The third kappa shape index (κ3) is 3.29. The lowest BCUT2D eigenvalue weighted by molar-refractivity contribution is 0.149. The topological polar surface area (TPSA) is 55.1 Å². The van der Waals surface area contributed by atoms with Crippen LogP contribution in [0.15, 0.2) is 47.4 Å². The zero-order chi connectivity index (χ0) is 13.8. The molecule has 1 aromatic heterocycles. The van der Waals surface area contributed by atoms with Gasteiger partial charge in [0.1, 0.15) is 0 Å². The fourth-order valence-electron chi connectivity index (χ4n) is 1.90. The molecule has 2 rings (SSSR count). The van der Waals surface area contributed by atoms with Crippen LogP contribution in [0, 0.1) is 0 Å². The Kier molecular flexibility index (Phi) is 4.12. The Bertz CT molecular complexity index is 588. The molecule has 0 aliphatic rings. The Balaban J connectivity index is 2.14. The summed E-state index contributed by atoms with van der Waals surface area (Å²) in [6, 6.07) is 10.8. The van der Waals surface area contributed by atoms with Crippen LogP contribution in [-0.2, 0) is 6.54 Å². The molecule has 4 heteroatoms. The highest BCUT2D eigenvalue weighted by molar-refractivity contribution is 5.26. The van der Waals surface area contributed by atoms with Gasteiger partial charge in [0.2, 0.25) is 0 Å². The highest BCUT2D eigenvalue weighted by Gasteiger charge is 2.10. The van der Waals surface area contributed by atoms with Crippen molar-refractivity contribution >= 4 is 0 Å². The van der Waals surface area contributed by atoms with Crippen LogP contribution >= 0.6 is 0 Å². The molecule has 0 radical (unpaired) electrons. The minimum atomic E-state index is -0.728. The molecular weight excluding hydrogens is 240 g/mol. The van der Waals surface area contributed by atoms with Gasteiger partial charge >= 0.3 is 0 Å². The predicted octanol–water partition coefficient (Wildman–Crippen LogP) is 2.10. The third-order valence-electron chi connectivity index (χ3n) is 3.12. The van der Waals surface area contributed by atoms with Crippen molar-refractivity contribution in [2.75, 3.05) is 0 Å². The first-order valence-corrected chi connectivity index (χ1v) is 6.38. The molecule has 1 aromatic carbocycles. The lowest BCUT2D eigenvalue weighted by Crippen LogP contribution is -2.24. The van der Waals surface area contributed by atoms with E-state index in [-0.39, 0.29) is 12.1 Å². The molecule has 0 bridgehead atoms. The van der Waals surface area contributed by atoms with Gasteiger partial charge in [-0.1, -0.05) is 38.1 Å². The van der Waals surface area contributed by atoms with Crippen LogP contribution < -0.4 is 5.56 Å². The number of hydrogen-bond donors (Lipinski definition) is 1. The lowest BCUT2D eigenvalue weighted by Gasteiger charge is -2.13. The van der Waals surface area contributed by atoms with E-state index in [1.54, 1.807) is 6.07 Å². The summed E-state index contributed by atoms with van der Waals surface area (Å²) in [5.74, 6) is 0.463. The van der Waals surface area contributed by atoms with Gasteiger partial charge in [-0.25, -0.2) is 4.68 Å². The van der Waals surface area contributed by atoms with E-state index in [2.05, 4.69) is 18.9 Å². The van der Waals surface area contributed by atoms with Gasteiger partial charge in [0, 0.05) is 12.3 Å². The van der Waals surface area contributed by atoms with Gasteiger partial charge in [0.15, 0.2) is 0 Å². The van der Waals surface area contributed by atoms with Gasteiger partial charge in [-0.05, 0) is 23.1 Å². The molecule has 1 unspecified atom stereocenters. The first kappa shape index (κ1) is 13.5. The number of aliphatic hydroxyl groups excluding tert-OH is 1. The second-order valence-corrected chi connectivity index (χ2v) is 4.88. The van der Waals surface area contributed by atoms with E-state index in [1.807, 2.05) is 24.3 Å². The fraction of sp³-hybridized carbons (Fsp3) is 0.333. The van der Waals surface area contributed by atoms with Crippen molar-refractivity contribution in [2.24, 2.45) is 0 Å². The molecule has 0 aliphatic carbocycles. The van der Waals surface area contributed by atoms with Crippen molar-refractivity contribution in [2.45, 2.75) is 32.4 Å². The average molecular weight is 258 g/mol. The number of aromatic nitrogens is 2. The van der Waals surface area contributed by atoms with Crippen molar-refractivity contribution in [3.8, 4) is 0 Å². The highest BCUT2D eigenvalue weighted by Crippen LogP contribution is 2.19. The molecule has 1 N–H and O–H groups in total. The predicted molar refractivity (Wildman–Crippen MR) is 74.0 cm³/mol. The number of hydrogen-bond acceptors (Lipinski definition) is 3. The van der Waals surface area contributed by atoms with Gasteiger partial charge in [0.05, 0.1) is 12.6 Å². The molecule has 0 fully saturated rings. The number of rotatable bonds is 4. The van der Waals surface area contributed by atoms with Crippen LogP contribution in [-0.4, -0.2) is 14.9 Å². The standard InChI is InChI=1S/C15H18N2O2/c1-11(2)12-5-7-13(8-6-12)14(18)10-17-15(19)4-3-9-16-17/h3-9,11,14,18H,10H2,1-2H3. The van der Waals surface area contributed by atoms with Crippen molar-refractivity contribution in [3.63, 3.8) is 0 Å². The summed E-state index contributed by atoms with van der Waals surface area (Å²) < 4.78 is 1.26. The highest BCUT2D eigenvalue weighted by atomic mass is 16.3. The van der Waals surface area contributed by atoms with Crippen LogP contribution in [0.25, 0.3) is 0 Å². The molecule has 0 amide bonds. The molecule has 19 heavy (non-hydrogen) atoms. The molecule has 0 aliphatic heterocycles. The molecule has 1 heterocycles. The summed E-state index contributed by atoms with van der Waals surface area (Å²) in [7, 11) is 0. The SMILES string of the molecule is CC(C)c1ccc(C(O)Cn2ncccc2=O)cc1. The van der Waals surface area contributed by atoms with Crippen LogP contribution in [0.5, 0.6) is 0 Å². The Morgan fingerprint density at radius 1 is 1.16 bits per heavy atom. The van der Waals surface area contributed by atoms with Gasteiger partial charge in [-0.2, -0.15) is 5.10 Å². The van der Waals surface area contributed by atoms with Gasteiger partial charge < -0.3 is 5.11 Å². The zero-order valence-corrected chi connectivity index (χ0v) is 11.2. The maximum absolute atomic E-state index is 11.5. The van der Waals surface area contributed by atoms with Gasteiger partial charge in [-0.3, -0.25) is 4.79 Å². The second kappa shape index (κ2) is 5.80. The van der Waals surface area contributed by atoms with E-state index < -0.39 is 6.10 Å². The molecule has 0 spiro atoms. The Labute approximate surface area is 112 Å². The summed E-state index contributed by atoms with van der Waals surface area (Å²) in [5.41, 5.74) is 1.81. The minimum Gasteiger partial charge on any atom is -0.386 e. The quantitative estimate of drug-likeness (QED) is 0.913. The van der Waals surface area contributed by atoms with Crippen molar-refractivity contribution in [1.29, 1.82) is 0 Å². The number of nitrogens with zero attached hydrogens (tertiary/aromatic N) is 2. The normalized spacial score (nSPS) is 12.6. The van der Waals surface area contributed by atoms with Crippen LogP contribution in [0.4, 0.5) is 0 Å². The average Bonchev–Trinajstić information content (AvgIpc) is 2.41.